The van der Waals surface area contributed by atoms with Gasteiger partial charge >= 0.3 is 0 Å². The maximum absolute atomic E-state index is 11.8. The lowest BCUT2D eigenvalue weighted by molar-refractivity contribution is 0.340. The molecule has 3 N–H and O–H groups in total. The summed E-state index contributed by atoms with van der Waals surface area (Å²) in [6.45, 7) is 0. The Morgan fingerprint density at radius 1 is 1.19 bits per heavy atom. The van der Waals surface area contributed by atoms with Crippen molar-refractivity contribution in [3.8, 4) is 11.1 Å². The Bertz CT molecular complexity index is 865. The molecule has 0 amide bonds. The van der Waals surface area contributed by atoms with Crippen molar-refractivity contribution in [2.75, 3.05) is 30.5 Å². The summed E-state index contributed by atoms with van der Waals surface area (Å²) in [5, 5.41) is 0. The lowest BCUT2D eigenvalue weighted by atomic mass is 9.86. The third-order valence-corrected chi connectivity index (χ3v) is 6.87. The van der Waals surface area contributed by atoms with E-state index in [2.05, 4.69) is 19.6 Å². The smallest absolute Gasteiger partial charge is 0.221 e. The Morgan fingerprint density at radius 3 is 2.48 bits per heavy atom. The molecule has 146 valence electrons. The van der Waals surface area contributed by atoms with E-state index in [1.807, 2.05) is 37.4 Å². The van der Waals surface area contributed by atoms with Crippen LogP contribution in [-0.2, 0) is 10.0 Å². The van der Waals surface area contributed by atoms with E-state index in [9.17, 15) is 8.42 Å². The van der Waals surface area contributed by atoms with Crippen molar-refractivity contribution in [1.29, 1.82) is 0 Å². The van der Waals surface area contributed by atoms with E-state index < -0.39 is 10.0 Å². The number of anilines is 2. The van der Waals surface area contributed by atoms with Crippen LogP contribution in [0.25, 0.3) is 11.1 Å². The van der Waals surface area contributed by atoms with E-state index in [1.165, 1.54) is 7.05 Å². The van der Waals surface area contributed by atoms with Crippen LogP contribution in [0.4, 0.5) is 11.8 Å². The summed E-state index contributed by atoms with van der Waals surface area (Å²) in [7, 11) is 0.345. The van der Waals surface area contributed by atoms with Gasteiger partial charge in [-0.3, -0.25) is 0 Å². The van der Waals surface area contributed by atoms with Gasteiger partial charge in [0.05, 0.1) is 5.75 Å². The van der Waals surface area contributed by atoms with Crippen LogP contribution in [0.1, 0.15) is 25.7 Å². The van der Waals surface area contributed by atoms with Gasteiger partial charge in [0.15, 0.2) is 0 Å². The van der Waals surface area contributed by atoms with Crippen LogP contribution in [-0.4, -0.2) is 44.3 Å². The largest absolute Gasteiger partial charge is 0.368 e. The topological polar surface area (TPSA) is 101 Å². The molecule has 1 fully saturated rings. The molecule has 1 aromatic heterocycles. The fourth-order valence-electron chi connectivity index (χ4n) is 3.74. The van der Waals surface area contributed by atoms with Crippen LogP contribution in [0, 0.1) is 5.92 Å². The fourth-order valence-corrected chi connectivity index (χ4v) is 4.86. The molecule has 1 aromatic carbocycles. The van der Waals surface area contributed by atoms with Crippen LogP contribution in [0.15, 0.2) is 36.5 Å². The van der Waals surface area contributed by atoms with Crippen molar-refractivity contribution in [3.05, 3.63) is 36.5 Å². The number of nitrogens with one attached hydrogen (secondary N) is 1. The SMILES string of the molecule is CNS(=O)(=O)CC1CCC(N(C)c2nc(N)ncc2-c2ccccc2)CC1. The normalized spacial score (nSPS) is 20.4. The zero-order chi connectivity index (χ0) is 19.4. The van der Waals surface area contributed by atoms with Gasteiger partial charge in [-0.25, -0.2) is 18.1 Å². The van der Waals surface area contributed by atoms with Crippen LogP contribution in [0.5, 0.6) is 0 Å². The molecule has 0 unspecified atom stereocenters. The van der Waals surface area contributed by atoms with Gasteiger partial charge in [-0.1, -0.05) is 30.3 Å². The van der Waals surface area contributed by atoms with Crippen LogP contribution < -0.4 is 15.4 Å². The van der Waals surface area contributed by atoms with E-state index >= 15 is 0 Å². The van der Waals surface area contributed by atoms with Gasteiger partial charge in [-0.05, 0) is 44.2 Å². The average molecular weight is 390 g/mol. The minimum Gasteiger partial charge on any atom is -0.368 e. The summed E-state index contributed by atoms with van der Waals surface area (Å²) in [4.78, 5) is 10.8. The number of hydrogen-bond acceptors (Lipinski definition) is 6. The monoisotopic (exact) mass is 389 g/mol. The Hall–Kier alpha value is -2.19. The molecule has 8 heteroatoms. The molecule has 7 nitrogen and oxygen atoms in total. The molecule has 3 rings (SSSR count). The Kier molecular flexibility index (Phi) is 5.96. The lowest BCUT2D eigenvalue weighted by Gasteiger charge is -2.36. The third kappa shape index (κ3) is 4.75. The number of benzene rings is 1. The first-order valence-electron chi connectivity index (χ1n) is 9.21. The molecule has 27 heavy (non-hydrogen) atoms. The van der Waals surface area contributed by atoms with Gasteiger partial charge in [-0.2, -0.15) is 4.98 Å². The summed E-state index contributed by atoms with van der Waals surface area (Å²) >= 11 is 0. The van der Waals surface area contributed by atoms with Gasteiger partial charge in [0.2, 0.25) is 16.0 Å². The second kappa shape index (κ2) is 8.22. The van der Waals surface area contributed by atoms with E-state index in [0.717, 1.165) is 42.6 Å². The molecule has 0 spiro atoms. The first kappa shape index (κ1) is 19.6. The number of nitrogen functional groups attached to an aromatic ring is 1. The molecule has 1 aliphatic carbocycles. The molecular weight excluding hydrogens is 362 g/mol. The maximum Gasteiger partial charge on any atom is 0.221 e. The summed E-state index contributed by atoms with van der Waals surface area (Å²) < 4.78 is 26.0. The number of rotatable bonds is 6. The molecule has 0 aliphatic heterocycles. The van der Waals surface area contributed by atoms with Crippen molar-refractivity contribution in [2.45, 2.75) is 31.7 Å². The Morgan fingerprint density at radius 2 is 1.85 bits per heavy atom. The highest BCUT2D eigenvalue weighted by atomic mass is 32.2. The minimum absolute atomic E-state index is 0.204. The fraction of sp³-hybridized carbons (Fsp3) is 0.474. The van der Waals surface area contributed by atoms with Gasteiger partial charge in [-0.15, -0.1) is 0 Å². The van der Waals surface area contributed by atoms with Crippen molar-refractivity contribution in [3.63, 3.8) is 0 Å². The molecule has 2 aromatic rings. The lowest BCUT2D eigenvalue weighted by Crippen LogP contribution is -2.38. The predicted molar refractivity (Wildman–Crippen MR) is 109 cm³/mol. The van der Waals surface area contributed by atoms with Gasteiger partial charge < -0.3 is 10.6 Å². The molecular formula is C19H27N5O2S. The molecule has 0 bridgehead atoms. The zero-order valence-electron chi connectivity index (χ0n) is 15.8. The summed E-state index contributed by atoms with van der Waals surface area (Å²) in [6, 6.07) is 10.3. The first-order valence-corrected chi connectivity index (χ1v) is 10.9. The average Bonchev–Trinajstić information content (AvgIpc) is 2.68. The summed E-state index contributed by atoms with van der Waals surface area (Å²) in [5.41, 5.74) is 7.86. The van der Waals surface area contributed by atoms with Gasteiger partial charge in [0.25, 0.3) is 0 Å². The molecule has 0 radical (unpaired) electrons. The molecule has 0 atom stereocenters. The summed E-state index contributed by atoms with van der Waals surface area (Å²) in [5.74, 6) is 1.48. The van der Waals surface area contributed by atoms with Gasteiger partial charge in [0.1, 0.15) is 5.82 Å². The Balaban J connectivity index is 1.76. The second-order valence-corrected chi connectivity index (χ2v) is 9.07. The van der Waals surface area contributed by atoms with E-state index in [0.29, 0.717) is 6.04 Å². The Labute approximate surface area is 161 Å². The van der Waals surface area contributed by atoms with E-state index in [4.69, 9.17) is 5.73 Å². The minimum atomic E-state index is -3.16. The quantitative estimate of drug-likeness (QED) is 0.786. The highest BCUT2D eigenvalue weighted by Crippen LogP contribution is 2.34. The standard InChI is InChI=1S/C19H27N5O2S/c1-21-27(25,26)13-14-8-10-16(11-9-14)24(2)18-17(12-22-19(20)23-18)15-6-4-3-5-7-15/h3-7,12,14,16,21H,8-11,13H2,1-2H3,(H2,20,22,23). The van der Waals surface area contributed by atoms with Crippen molar-refractivity contribution < 1.29 is 8.42 Å². The second-order valence-electron chi connectivity index (χ2n) is 7.10. The summed E-state index contributed by atoms with van der Waals surface area (Å²) in [6.07, 6.45) is 5.40. The predicted octanol–water partition coefficient (Wildman–Crippen LogP) is 2.27. The molecule has 1 saturated carbocycles. The maximum atomic E-state index is 11.8. The van der Waals surface area contributed by atoms with Crippen LogP contribution in [0.2, 0.25) is 0 Å². The number of nitrogens with two attached hydrogens (primary N) is 1. The van der Waals surface area contributed by atoms with Crippen LogP contribution in [0.3, 0.4) is 0 Å². The molecule has 1 heterocycles. The van der Waals surface area contributed by atoms with Crippen molar-refractivity contribution in [1.82, 2.24) is 14.7 Å². The number of sulfonamides is 1. The number of aromatic nitrogens is 2. The zero-order valence-corrected chi connectivity index (χ0v) is 16.6. The van der Waals surface area contributed by atoms with Gasteiger partial charge in [0, 0.05) is 24.8 Å². The molecule has 1 aliphatic rings. The molecule has 0 saturated heterocycles. The highest BCUT2D eigenvalue weighted by molar-refractivity contribution is 7.89. The number of nitrogens with zero attached hydrogens (tertiary/aromatic N) is 3. The number of hydrogen-bond donors (Lipinski definition) is 2. The van der Waals surface area contributed by atoms with Crippen molar-refractivity contribution in [2.24, 2.45) is 5.92 Å². The van der Waals surface area contributed by atoms with E-state index in [-0.39, 0.29) is 17.6 Å². The highest BCUT2D eigenvalue weighted by Gasteiger charge is 2.28. The van der Waals surface area contributed by atoms with E-state index in [1.54, 1.807) is 6.20 Å². The van der Waals surface area contributed by atoms with Crippen molar-refractivity contribution >= 4 is 21.8 Å². The first-order chi connectivity index (χ1) is 12.9. The third-order valence-electron chi connectivity index (χ3n) is 5.34. The van der Waals surface area contributed by atoms with Crippen LogP contribution >= 0.6 is 0 Å².